The summed E-state index contributed by atoms with van der Waals surface area (Å²) < 4.78 is 4.98. The number of hydrogen-bond acceptors (Lipinski definition) is 4. The zero-order chi connectivity index (χ0) is 19.7. The highest BCUT2D eigenvalue weighted by molar-refractivity contribution is 5.76. The van der Waals surface area contributed by atoms with Gasteiger partial charge in [-0.25, -0.2) is 9.48 Å². The fourth-order valence-electron chi connectivity index (χ4n) is 4.14. The van der Waals surface area contributed by atoms with Gasteiger partial charge in [-0.05, 0) is 45.6 Å². The average Bonchev–Trinajstić information content (AvgIpc) is 3.10. The maximum atomic E-state index is 12.7. The van der Waals surface area contributed by atoms with Gasteiger partial charge < -0.3 is 4.90 Å². The van der Waals surface area contributed by atoms with Gasteiger partial charge in [-0.1, -0.05) is 6.92 Å². The van der Waals surface area contributed by atoms with E-state index in [0.29, 0.717) is 26.2 Å². The molecule has 0 spiro atoms. The monoisotopic (exact) mass is 374 g/mol. The van der Waals surface area contributed by atoms with Crippen molar-refractivity contribution in [3.63, 3.8) is 0 Å². The first-order valence-electron chi connectivity index (χ1n) is 9.81. The molecule has 8 heteroatoms. The summed E-state index contributed by atoms with van der Waals surface area (Å²) >= 11 is 0. The molecule has 0 saturated carbocycles. The standard InChI is InChI=1S/C19H30N6O2/c1-6-16-13(3)20-25(14(16)4)12-17(26)23-10-8-15(9-11-23)18-21-22(5)19(27)24(18)7-2/h15H,6-12H2,1-5H3. The van der Waals surface area contributed by atoms with Gasteiger partial charge in [0.25, 0.3) is 0 Å². The topological polar surface area (TPSA) is 78.0 Å². The molecular weight excluding hydrogens is 344 g/mol. The number of rotatable bonds is 5. The minimum atomic E-state index is -0.0674. The number of nitrogens with zero attached hydrogens (tertiary/aromatic N) is 6. The summed E-state index contributed by atoms with van der Waals surface area (Å²) in [6.45, 7) is 10.4. The first-order chi connectivity index (χ1) is 12.9. The Hall–Kier alpha value is -2.38. The smallest absolute Gasteiger partial charge is 0.341 e. The highest BCUT2D eigenvalue weighted by Crippen LogP contribution is 2.26. The molecule has 3 rings (SSSR count). The first-order valence-corrected chi connectivity index (χ1v) is 9.81. The van der Waals surface area contributed by atoms with Crippen LogP contribution in [0.25, 0.3) is 0 Å². The van der Waals surface area contributed by atoms with E-state index < -0.39 is 0 Å². The van der Waals surface area contributed by atoms with Gasteiger partial charge in [0, 0.05) is 38.3 Å². The fourth-order valence-corrected chi connectivity index (χ4v) is 4.14. The van der Waals surface area contributed by atoms with Crippen LogP contribution in [0.1, 0.15) is 55.4 Å². The molecule has 1 aliphatic rings. The molecule has 0 aromatic carbocycles. The van der Waals surface area contributed by atoms with Gasteiger partial charge >= 0.3 is 5.69 Å². The summed E-state index contributed by atoms with van der Waals surface area (Å²) in [5.41, 5.74) is 3.25. The van der Waals surface area contributed by atoms with E-state index in [1.54, 1.807) is 11.6 Å². The minimum absolute atomic E-state index is 0.0674. The Labute approximate surface area is 159 Å². The van der Waals surface area contributed by atoms with Crippen molar-refractivity contribution in [1.29, 1.82) is 0 Å². The number of amides is 1. The molecule has 0 radical (unpaired) electrons. The Bertz CT molecular complexity index is 883. The summed E-state index contributed by atoms with van der Waals surface area (Å²) in [6.07, 6.45) is 2.60. The molecule has 0 N–H and O–H groups in total. The van der Waals surface area contributed by atoms with Crippen molar-refractivity contribution in [1.82, 2.24) is 29.0 Å². The lowest BCUT2D eigenvalue weighted by atomic mass is 9.96. The van der Waals surface area contributed by atoms with E-state index >= 15 is 0 Å². The Kier molecular flexibility index (Phi) is 5.53. The van der Waals surface area contributed by atoms with Crippen molar-refractivity contribution in [2.24, 2.45) is 7.05 Å². The second-order valence-corrected chi connectivity index (χ2v) is 7.32. The lowest BCUT2D eigenvalue weighted by Crippen LogP contribution is -2.40. The van der Waals surface area contributed by atoms with Gasteiger partial charge in [0.2, 0.25) is 5.91 Å². The van der Waals surface area contributed by atoms with Gasteiger partial charge in [-0.2, -0.15) is 10.2 Å². The maximum absolute atomic E-state index is 12.7. The molecule has 0 atom stereocenters. The van der Waals surface area contributed by atoms with Crippen LogP contribution in [0.15, 0.2) is 4.79 Å². The van der Waals surface area contributed by atoms with Gasteiger partial charge in [0.05, 0.1) is 5.69 Å². The van der Waals surface area contributed by atoms with Gasteiger partial charge in [0.1, 0.15) is 12.4 Å². The largest absolute Gasteiger partial charge is 0.345 e. The average molecular weight is 374 g/mol. The summed E-state index contributed by atoms with van der Waals surface area (Å²) in [4.78, 5) is 26.8. The third kappa shape index (κ3) is 3.57. The third-order valence-electron chi connectivity index (χ3n) is 5.74. The molecule has 0 unspecified atom stereocenters. The van der Waals surface area contributed by atoms with Gasteiger partial charge in [-0.15, -0.1) is 0 Å². The van der Waals surface area contributed by atoms with Crippen LogP contribution >= 0.6 is 0 Å². The molecule has 1 fully saturated rings. The molecule has 27 heavy (non-hydrogen) atoms. The summed E-state index contributed by atoms with van der Waals surface area (Å²) in [5, 5.41) is 8.96. The third-order valence-corrected chi connectivity index (χ3v) is 5.74. The molecule has 2 aromatic heterocycles. The molecule has 3 heterocycles. The quantitative estimate of drug-likeness (QED) is 0.792. The Balaban J connectivity index is 1.65. The molecule has 1 aliphatic heterocycles. The second kappa shape index (κ2) is 7.70. The number of piperidine rings is 1. The maximum Gasteiger partial charge on any atom is 0.345 e. The summed E-state index contributed by atoms with van der Waals surface area (Å²) in [5.74, 6) is 1.18. The van der Waals surface area contributed by atoms with Crippen LogP contribution < -0.4 is 5.69 Å². The van der Waals surface area contributed by atoms with Crippen molar-refractivity contribution in [2.45, 2.75) is 66.0 Å². The van der Waals surface area contributed by atoms with Gasteiger partial charge in [0.15, 0.2) is 0 Å². The van der Waals surface area contributed by atoms with Crippen LogP contribution in [0.4, 0.5) is 0 Å². The van der Waals surface area contributed by atoms with E-state index in [1.807, 2.05) is 30.4 Å². The van der Waals surface area contributed by atoms with E-state index in [-0.39, 0.29) is 17.5 Å². The molecule has 0 aliphatic carbocycles. The lowest BCUT2D eigenvalue weighted by molar-refractivity contribution is -0.133. The highest BCUT2D eigenvalue weighted by atomic mass is 16.2. The number of hydrogen-bond donors (Lipinski definition) is 0. The SMILES string of the molecule is CCc1c(C)nn(CC(=O)N2CCC(c3nn(C)c(=O)n3CC)CC2)c1C. The van der Waals surface area contributed by atoms with Crippen LogP contribution in [0.3, 0.4) is 0 Å². The zero-order valence-electron chi connectivity index (χ0n) is 17.0. The predicted molar refractivity (Wildman–Crippen MR) is 103 cm³/mol. The van der Waals surface area contributed by atoms with Crippen LogP contribution in [0.5, 0.6) is 0 Å². The summed E-state index contributed by atoms with van der Waals surface area (Å²) in [6, 6.07) is 0. The van der Waals surface area contributed by atoms with Crippen molar-refractivity contribution < 1.29 is 4.79 Å². The second-order valence-electron chi connectivity index (χ2n) is 7.32. The first kappa shape index (κ1) is 19.4. The van der Waals surface area contributed by atoms with Crippen molar-refractivity contribution >= 4 is 5.91 Å². The Morgan fingerprint density at radius 3 is 2.37 bits per heavy atom. The van der Waals surface area contributed by atoms with E-state index in [1.165, 1.54) is 10.2 Å². The zero-order valence-corrected chi connectivity index (χ0v) is 17.0. The Morgan fingerprint density at radius 1 is 1.15 bits per heavy atom. The molecule has 0 bridgehead atoms. The van der Waals surface area contributed by atoms with Crippen LogP contribution in [-0.4, -0.2) is 48.0 Å². The van der Waals surface area contributed by atoms with E-state index in [9.17, 15) is 9.59 Å². The number of aromatic nitrogens is 5. The van der Waals surface area contributed by atoms with Crippen LogP contribution in [0, 0.1) is 13.8 Å². The summed E-state index contributed by atoms with van der Waals surface area (Å²) in [7, 11) is 1.69. The van der Waals surface area contributed by atoms with Gasteiger partial charge in [-0.3, -0.25) is 14.0 Å². The normalized spacial score (nSPS) is 15.5. The number of carbonyl (C=O) groups excluding carboxylic acids is 1. The molecule has 8 nitrogen and oxygen atoms in total. The predicted octanol–water partition coefficient (Wildman–Crippen LogP) is 1.38. The van der Waals surface area contributed by atoms with Crippen LogP contribution in [-0.2, 0) is 31.4 Å². The Morgan fingerprint density at radius 2 is 1.81 bits per heavy atom. The molecule has 1 amide bonds. The van der Waals surface area contributed by atoms with E-state index in [4.69, 9.17) is 0 Å². The van der Waals surface area contributed by atoms with Crippen molar-refractivity contribution in [2.75, 3.05) is 13.1 Å². The highest BCUT2D eigenvalue weighted by Gasteiger charge is 2.28. The molecule has 1 saturated heterocycles. The number of likely N-dealkylation sites (tertiary alicyclic amines) is 1. The van der Waals surface area contributed by atoms with E-state index in [2.05, 4.69) is 17.1 Å². The minimum Gasteiger partial charge on any atom is -0.341 e. The molecule has 2 aromatic rings. The lowest BCUT2D eigenvalue weighted by Gasteiger charge is -2.31. The van der Waals surface area contributed by atoms with Crippen molar-refractivity contribution in [3.8, 4) is 0 Å². The van der Waals surface area contributed by atoms with E-state index in [0.717, 1.165) is 36.5 Å². The van der Waals surface area contributed by atoms with Crippen LogP contribution in [0.2, 0.25) is 0 Å². The fraction of sp³-hybridized carbons (Fsp3) is 0.684. The molecular formula is C19H30N6O2. The molecule has 148 valence electrons. The van der Waals surface area contributed by atoms with Crippen molar-refractivity contribution in [3.05, 3.63) is 33.3 Å². The number of aryl methyl sites for hydroxylation is 2. The number of carbonyl (C=O) groups is 1.